The fraction of sp³-hybridized carbons (Fsp3) is 0.333. The minimum atomic E-state index is 0.613. The smallest absolute Gasteiger partial charge is 0.191 e. The van der Waals surface area contributed by atoms with Crippen LogP contribution in [0.4, 0.5) is 0 Å². The highest BCUT2D eigenvalue weighted by Crippen LogP contribution is 2.24. The Morgan fingerprint density at radius 2 is 2.10 bits per heavy atom. The summed E-state index contributed by atoms with van der Waals surface area (Å²) in [6.07, 6.45) is 7.88. The first-order valence-corrected chi connectivity index (χ1v) is 7.79. The molecule has 2 aromatic rings. The first kappa shape index (κ1) is 15.3. The van der Waals surface area contributed by atoms with E-state index in [1.807, 2.05) is 18.2 Å². The summed E-state index contributed by atoms with van der Waals surface area (Å²) in [7, 11) is 0. The molecule has 0 aliphatic heterocycles. The maximum atomic E-state index is 8.53. The summed E-state index contributed by atoms with van der Waals surface area (Å²) >= 11 is 1.67. The molecule has 2 rings (SSSR count). The third kappa shape index (κ3) is 4.17. The van der Waals surface area contributed by atoms with Crippen LogP contribution in [0.2, 0.25) is 0 Å². The molecule has 2 heterocycles. The Bertz CT molecular complexity index is 615. The van der Waals surface area contributed by atoms with Gasteiger partial charge in [-0.3, -0.25) is 9.55 Å². The molecule has 6 heteroatoms. The highest BCUT2D eigenvalue weighted by molar-refractivity contribution is 7.99. The average Bonchev–Trinajstić information content (AvgIpc) is 2.91. The molecule has 0 aliphatic rings. The largest absolute Gasteiger partial charge is 0.298 e. The van der Waals surface area contributed by atoms with Crippen LogP contribution in [0.1, 0.15) is 19.3 Å². The van der Waals surface area contributed by atoms with Crippen molar-refractivity contribution in [3.63, 3.8) is 0 Å². The average molecular weight is 299 g/mol. The van der Waals surface area contributed by atoms with Gasteiger partial charge in [-0.1, -0.05) is 17.8 Å². The van der Waals surface area contributed by atoms with Crippen molar-refractivity contribution < 1.29 is 0 Å². The van der Waals surface area contributed by atoms with Gasteiger partial charge in [0.15, 0.2) is 11.0 Å². The molecule has 0 aliphatic carbocycles. The Balaban J connectivity index is 2.10. The number of rotatable bonds is 8. The van der Waals surface area contributed by atoms with Crippen molar-refractivity contribution in [1.29, 1.82) is 5.26 Å². The molecule has 5 nitrogen and oxygen atoms in total. The van der Waals surface area contributed by atoms with Gasteiger partial charge in [0.05, 0.1) is 6.07 Å². The molecule has 0 aromatic carbocycles. The molecule has 0 unspecified atom stereocenters. The SMILES string of the molecule is C=CCn1c(SCCCCC#N)nnc1-c1ccncc1. The third-order valence-electron chi connectivity index (χ3n) is 2.88. The molecular weight excluding hydrogens is 282 g/mol. The lowest BCUT2D eigenvalue weighted by Gasteiger charge is -2.07. The Morgan fingerprint density at radius 3 is 2.81 bits per heavy atom. The summed E-state index contributed by atoms with van der Waals surface area (Å²) in [5.41, 5.74) is 0.996. The van der Waals surface area contributed by atoms with Crippen LogP contribution in [-0.2, 0) is 6.54 Å². The lowest BCUT2D eigenvalue weighted by molar-refractivity contribution is 0.729. The van der Waals surface area contributed by atoms with Crippen molar-refractivity contribution in [3.8, 4) is 17.5 Å². The molecule has 0 saturated heterocycles. The molecule has 0 amide bonds. The highest BCUT2D eigenvalue weighted by atomic mass is 32.2. The lowest BCUT2D eigenvalue weighted by atomic mass is 10.2. The number of nitriles is 1. The normalized spacial score (nSPS) is 10.2. The fourth-order valence-corrected chi connectivity index (χ4v) is 2.82. The van der Waals surface area contributed by atoms with Gasteiger partial charge in [0.1, 0.15) is 0 Å². The Morgan fingerprint density at radius 1 is 1.29 bits per heavy atom. The molecule has 0 saturated carbocycles. The Labute approximate surface area is 128 Å². The van der Waals surface area contributed by atoms with Gasteiger partial charge >= 0.3 is 0 Å². The lowest BCUT2D eigenvalue weighted by Crippen LogP contribution is -2.01. The Kier molecular flexibility index (Phi) is 5.98. The van der Waals surface area contributed by atoms with E-state index < -0.39 is 0 Å². The summed E-state index contributed by atoms with van der Waals surface area (Å²) in [4.78, 5) is 4.02. The van der Waals surface area contributed by atoms with Crippen LogP contribution in [-0.4, -0.2) is 25.5 Å². The first-order valence-electron chi connectivity index (χ1n) is 6.81. The number of pyridine rings is 1. The summed E-state index contributed by atoms with van der Waals surface area (Å²) in [6, 6.07) is 6.01. The second-order valence-corrected chi connectivity index (χ2v) is 5.47. The molecule has 108 valence electrons. The van der Waals surface area contributed by atoms with Gasteiger partial charge in [0.25, 0.3) is 0 Å². The second kappa shape index (κ2) is 8.22. The van der Waals surface area contributed by atoms with Gasteiger partial charge in [-0.05, 0) is 25.0 Å². The van der Waals surface area contributed by atoms with E-state index in [1.165, 1.54) is 0 Å². The predicted octanol–water partition coefficient (Wildman–Crippen LogP) is 3.31. The highest BCUT2D eigenvalue weighted by Gasteiger charge is 2.12. The second-order valence-electron chi connectivity index (χ2n) is 4.41. The van der Waals surface area contributed by atoms with Gasteiger partial charge in [0.2, 0.25) is 0 Å². The number of hydrogen-bond acceptors (Lipinski definition) is 5. The number of nitrogens with zero attached hydrogens (tertiary/aromatic N) is 5. The van der Waals surface area contributed by atoms with Crippen molar-refractivity contribution in [2.24, 2.45) is 0 Å². The van der Waals surface area contributed by atoms with Crippen LogP contribution >= 0.6 is 11.8 Å². The van der Waals surface area contributed by atoms with Crippen LogP contribution in [0.25, 0.3) is 11.4 Å². The summed E-state index contributed by atoms with van der Waals surface area (Å²) in [6.45, 7) is 4.47. The first-order chi connectivity index (χ1) is 10.4. The molecular formula is C15H17N5S. The maximum absolute atomic E-state index is 8.53. The van der Waals surface area contributed by atoms with E-state index in [4.69, 9.17) is 5.26 Å². The van der Waals surface area contributed by atoms with Crippen molar-refractivity contribution in [2.45, 2.75) is 31.0 Å². The van der Waals surface area contributed by atoms with E-state index in [1.54, 1.807) is 24.2 Å². The van der Waals surface area contributed by atoms with Crippen molar-refractivity contribution in [3.05, 3.63) is 37.2 Å². The number of unbranched alkanes of at least 4 members (excludes halogenated alkanes) is 2. The summed E-state index contributed by atoms with van der Waals surface area (Å²) in [5.74, 6) is 1.77. The minimum absolute atomic E-state index is 0.613. The van der Waals surface area contributed by atoms with E-state index in [0.29, 0.717) is 13.0 Å². The van der Waals surface area contributed by atoms with E-state index in [0.717, 1.165) is 35.1 Å². The zero-order valence-electron chi connectivity index (χ0n) is 11.8. The minimum Gasteiger partial charge on any atom is -0.298 e. The number of allylic oxidation sites excluding steroid dienone is 1. The molecule has 21 heavy (non-hydrogen) atoms. The number of aromatic nitrogens is 4. The van der Waals surface area contributed by atoms with E-state index in [9.17, 15) is 0 Å². The molecule has 0 N–H and O–H groups in total. The van der Waals surface area contributed by atoms with Crippen molar-refractivity contribution in [1.82, 2.24) is 19.7 Å². The van der Waals surface area contributed by atoms with E-state index in [-0.39, 0.29) is 0 Å². The van der Waals surface area contributed by atoms with Gasteiger partial charge in [-0.25, -0.2) is 0 Å². The summed E-state index contributed by atoms with van der Waals surface area (Å²) in [5, 5.41) is 18.0. The van der Waals surface area contributed by atoms with Gasteiger partial charge in [0, 0.05) is 36.7 Å². The van der Waals surface area contributed by atoms with Crippen LogP contribution in [0.3, 0.4) is 0 Å². The molecule has 0 fully saturated rings. The van der Waals surface area contributed by atoms with Crippen LogP contribution in [0.15, 0.2) is 42.3 Å². The molecule has 0 bridgehead atoms. The van der Waals surface area contributed by atoms with Gasteiger partial charge in [-0.2, -0.15) is 5.26 Å². The number of thioether (sulfide) groups is 1. The maximum Gasteiger partial charge on any atom is 0.191 e. The van der Waals surface area contributed by atoms with Gasteiger partial charge < -0.3 is 0 Å². The zero-order chi connectivity index (χ0) is 14.9. The van der Waals surface area contributed by atoms with E-state index >= 15 is 0 Å². The third-order valence-corrected chi connectivity index (χ3v) is 3.93. The molecule has 0 radical (unpaired) electrons. The van der Waals surface area contributed by atoms with Crippen molar-refractivity contribution in [2.75, 3.05) is 5.75 Å². The van der Waals surface area contributed by atoms with Crippen LogP contribution < -0.4 is 0 Å². The predicted molar refractivity (Wildman–Crippen MR) is 83.6 cm³/mol. The quantitative estimate of drug-likeness (QED) is 0.425. The Hall–Kier alpha value is -2.13. The molecule has 2 aromatic heterocycles. The zero-order valence-corrected chi connectivity index (χ0v) is 12.6. The topological polar surface area (TPSA) is 67.4 Å². The van der Waals surface area contributed by atoms with Gasteiger partial charge in [-0.15, -0.1) is 16.8 Å². The van der Waals surface area contributed by atoms with Crippen LogP contribution in [0, 0.1) is 11.3 Å². The monoisotopic (exact) mass is 299 g/mol. The van der Waals surface area contributed by atoms with E-state index in [2.05, 4.69) is 32.4 Å². The molecule has 0 atom stereocenters. The fourth-order valence-electron chi connectivity index (χ4n) is 1.87. The summed E-state index contributed by atoms with van der Waals surface area (Å²) < 4.78 is 2.05. The number of hydrogen-bond donors (Lipinski definition) is 0. The molecule has 0 spiro atoms. The van der Waals surface area contributed by atoms with Crippen LogP contribution in [0.5, 0.6) is 0 Å². The standard InChI is InChI=1S/C15H17N5S/c1-2-11-20-14(13-6-9-17-10-7-13)18-19-15(20)21-12-5-3-4-8-16/h2,6-7,9-10H,1,3-5,11-12H2. The van der Waals surface area contributed by atoms with Crippen molar-refractivity contribution >= 4 is 11.8 Å².